The zero-order valence-electron chi connectivity index (χ0n) is 12.0. The van der Waals surface area contributed by atoms with Crippen molar-refractivity contribution in [2.75, 3.05) is 32.4 Å². The number of carbonyl (C=O) groups is 1. The minimum Gasteiger partial charge on any atom is -0.384 e. The van der Waals surface area contributed by atoms with Gasteiger partial charge in [-0.25, -0.2) is 4.98 Å². The smallest absolute Gasteiger partial charge is 0.254 e. The van der Waals surface area contributed by atoms with E-state index in [1.807, 2.05) is 4.90 Å². The predicted octanol–water partition coefficient (Wildman–Crippen LogP) is 1.87. The Morgan fingerprint density at radius 1 is 1.50 bits per heavy atom. The molecule has 1 aliphatic rings. The van der Waals surface area contributed by atoms with Gasteiger partial charge in [-0.3, -0.25) is 4.79 Å². The highest BCUT2D eigenvalue weighted by molar-refractivity contribution is 6.29. The van der Waals surface area contributed by atoms with Crippen LogP contribution in [0, 0.1) is 0 Å². The molecule has 110 valence electrons. The van der Waals surface area contributed by atoms with Crippen molar-refractivity contribution >= 4 is 23.3 Å². The molecule has 1 saturated heterocycles. The summed E-state index contributed by atoms with van der Waals surface area (Å²) in [5, 5.41) is 0.258. The normalized spacial score (nSPS) is 20.8. The molecule has 0 radical (unpaired) electrons. The lowest BCUT2D eigenvalue weighted by Crippen LogP contribution is -2.43. The van der Waals surface area contributed by atoms with E-state index in [0.29, 0.717) is 5.56 Å². The maximum Gasteiger partial charge on any atom is 0.254 e. The zero-order valence-corrected chi connectivity index (χ0v) is 12.7. The van der Waals surface area contributed by atoms with Gasteiger partial charge in [-0.2, -0.15) is 0 Å². The van der Waals surface area contributed by atoms with E-state index in [4.69, 9.17) is 17.3 Å². The molecule has 1 aliphatic heterocycles. The lowest BCUT2D eigenvalue weighted by Gasteiger charge is -2.30. The van der Waals surface area contributed by atoms with Gasteiger partial charge in [-0.15, -0.1) is 0 Å². The summed E-state index contributed by atoms with van der Waals surface area (Å²) in [6.45, 7) is 4.79. The van der Waals surface area contributed by atoms with E-state index in [0.717, 1.165) is 32.5 Å². The molecule has 20 heavy (non-hydrogen) atoms. The van der Waals surface area contributed by atoms with E-state index in [2.05, 4.69) is 23.9 Å². The van der Waals surface area contributed by atoms with Crippen molar-refractivity contribution in [1.29, 1.82) is 0 Å². The monoisotopic (exact) mass is 296 g/mol. The molecule has 0 spiro atoms. The van der Waals surface area contributed by atoms with Crippen molar-refractivity contribution in [2.45, 2.75) is 25.8 Å². The Balaban J connectivity index is 2.25. The van der Waals surface area contributed by atoms with Gasteiger partial charge in [0.25, 0.3) is 5.91 Å². The summed E-state index contributed by atoms with van der Waals surface area (Å²) in [5.41, 5.74) is 6.19. The second kappa shape index (κ2) is 6.41. The summed E-state index contributed by atoms with van der Waals surface area (Å²) in [7, 11) is 2.10. The number of nitrogens with zero attached hydrogens (tertiary/aromatic N) is 3. The van der Waals surface area contributed by atoms with Gasteiger partial charge in [0.1, 0.15) is 11.0 Å². The van der Waals surface area contributed by atoms with Gasteiger partial charge >= 0.3 is 0 Å². The number of carbonyl (C=O) groups excluding carboxylic acids is 1. The summed E-state index contributed by atoms with van der Waals surface area (Å²) in [6, 6.07) is 3.40. The molecule has 2 rings (SSSR count). The average Bonchev–Trinajstić information content (AvgIpc) is 2.58. The standard InChI is InChI=1S/C14H21ClN4O/c1-3-11-9-18(2)5-4-6-19(11)14(20)10-7-12(15)17-13(16)8-10/h7-8,11H,3-6,9H2,1-2H3,(H2,16,17). The van der Waals surface area contributed by atoms with Crippen LogP contribution in [0.2, 0.25) is 5.15 Å². The third-order valence-electron chi connectivity index (χ3n) is 3.70. The highest BCUT2D eigenvalue weighted by Gasteiger charge is 2.27. The summed E-state index contributed by atoms with van der Waals surface area (Å²) < 4.78 is 0. The van der Waals surface area contributed by atoms with Gasteiger partial charge < -0.3 is 15.5 Å². The Morgan fingerprint density at radius 3 is 2.90 bits per heavy atom. The zero-order chi connectivity index (χ0) is 14.7. The number of rotatable bonds is 2. The van der Waals surface area contributed by atoms with Crippen LogP contribution in [0.4, 0.5) is 5.82 Å². The Morgan fingerprint density at radius 2 is 2.25 bits per heavy atom. The molecule has 1 aromatic heterocycles. The molecule has 1 aromatic rings. The number of aromatic nitrogens is 1. The lowest BCUT2D eigenvalue weighted by molar-refractivity contribution is 0.0675. The van der Waals surface area contributed by atoms with Crippen molar-refractivity contribution in [2.24, 2.45) is 0 Å². The second-order valence-electron chi connectivity index (χ2n) is 5.28. The van der Waals surface area contributed by atoms with Gasteiger partial charge in [0, 0.05) is 24.7 Å². The van der Waals surface area contributed by atoms with Gasteiger partial charge in [-0.1, -0.05) is 18.5 Å². The quantitative estimate of drug-likeness (QED) is 0.846. The first-order valence-corrected chi connectivity index (χ1v) is 7.31. The van der Waals surface area contributed by atoms with Crippen molar-refractivity contribution in [1.82, 2.24) is 14.8 Å². The fourth-order valence-electron chi connectivity index (χ4n) is 2.67. The molecule has 2 N–H and O–H groups in total. The van der Waals surface area contributed by atoms with Gasteiger partial charge in [-0.05, 0) is 38.6 Å². The first-order chi connectivity index (χ1) is 9.51. The molecule has 1 amide bonds. The number of halogens is 1. The van der Waals surface area contributed by atoms with Gasteiger partial charge in [0.15, 0.2) is 0 Å². The van der Waals surface area contributed by atoms with Crippen LogP contribution in [0.5, 0.6) is 0 Å². The van der Waals surface area contributed by atoms with Gasteiger partial charge in [0.05, 0.1) is 0 Å². The topological polar surface area (TPSA) is 62.5 Å². The summed E-state index contributed by atoms with van der Waals surface area (Å²) in [4.78, 5) is 20.8. The molecule has 5 nitrogen and oxygen atoms in total. The van der Waals surface area contributed by atoms with Gasteiger partial charge in [0.2, 0.25) is 0 Å². The number of hydrogen-bond acceptors (Lipinski definition) is 4. The SMILES string of the molecule is CCC1CN(C)CCCN1C(=O)c1cc(N)nc(Cl)c1. The van der Waals surface area contributed by atoms with Crippen molar-refractivity contribution < 1.29 is 4.79 Å². The number of pyridine rings is 1. The average molecular weight is 297 g/mol. The maximum atomic E-state index is 12.7. The fraction of sp³-hybridized carbons (Fsp3) is 0.571. The highest BCUT2D eigenvalue weighted by atomic mass is 35.5. The van der Waals surface area contributed by atoms with E-state index in [-0.39, 0.29) is 22.9 Å². The van der Waals surface area contributed by atoms with E-state index in [9.17, 15) is 4.79 Å². The van der Waals surface area contributed by atoms with Crippen LogP contribution in [0.15, 0.2) is 12.1 Å². The number of hydrogen-bond donors (Lipinski definition) is 1. The van der Waals surface area contributed by atoms with Crippen molar-refractivity contribution in [3.8, 4) is 0 Å². The largest absolute Gasteiger partial charge is 0.384 e. The van der Waals surface area contributed by atoms with Crippen LogP contribution < -0.4 is 5.73 Å². The summed E-state index contributed by atoms with van der Waals surface area (Å²) in [5.74, 6) is 0.268. The highest BCUT2D eigenvalue weighted by Crippen LogP contribution is 2.19. The molecule has 0 bridgehead atoms. The molecule has 0 saturated carbocycles. The molecule has 0 aromatic carbocycles. The maximum absolute atomic E-state index is 12.7. The number of amides is 1. The molecular weight excluding hydrogens is 276 g/mol. The minimum absolute atomic E-state index is 0.0110. The third-order valence-corrected chi connectivity index (χ3v) is 3.89. The number of likely N-dealkylation sites (N-methyl/N-ethyl adjacent to an activating group) is 1. The lowest BCUT2D eigenvalue weighted by atomic mass is 10.1. The number of nitrogen functional groups attached to an aromatic ring is 1. The van der Waals surface area contributed by atoms with E-state index in [1.54, 1.807) is 12.1 Å². The second-order valence-corrected chi connectivity index (χ2v) is 5.67. The first kappa shape index (κ1) is 15.1. The van der Waals surface area contributed by atoms with Crippen LogP contribution in [0.25, 0.3) is 0 Å². The fourth-order valence-corrected chi connectivity index (χ4v) is 2.88. The van der Waals surface area contributed by atoms with Crippen LogP contribution in [-0.2, 0) is 0 Å². The Labute approximate surface area is 124 Å². The van der Waals surface area contributed by atoms with E-state index in [1.165, 1.54) is 0 Å². The van der Waals surface area contributed by atoms with E-state index < -0.39 is 0 Å². The third kappa shape index (κ3) is 3.41. The molecule has 1 fully saturated rings. The molecule has 0 aliphatic carbocycles. The van der Waals surface area contributed by atoms with Crippen molar-refractivity contribution in [3.63, 3.8) is 0 Å². The predicted molar refractivity (Wildman–Crippen MR) is 80.9 cm³/mol. The number of anilines is 1. The molecular formula is C14H21ClN4O. The Kier molecular flexibility index (Phi) is 4.83. The first-order valence-electron chi connectivity index (χ1n) is 6.94. The molecule has 2 heterocycles. The number of nitrogens with two attached hydrogens (primary N) is 1. The molecule has 1 atom stereocenters. The van der Waals surface area contributed by atoms with E-state index >= 15 is 0 Å². The molecule has 1 unspecified atom stereocenters. The Hall–Kier alpha value is -1.33. The van der Waals surface area contributed by atoms with Crippen LogP contribution in [-0.4, -0.2) is 53.4 Å². The summed E-state index contributed by atoms with van der Waals surface area (Å²) in [6.07, 6.45) is 1.91. The van der Waals surface area contributed by atoms with Crippen LogP contribution >= 0.6 is 11.6 Å². The summed E-state index contributed by atoms with van der Waals surface area (Å²) >= 11 is 5.89. The van der Waals surface area contributed by atoms with Crippen molar-refractivity contribution in [3.05, 3.63) is 22.8 Å². The van der Waals surface area contributed by atoms with Crippen LogP contribution in [0.3, 0.4) is 0 Å². The minimum atomic E-state index is -0.0110. The van der Waals surface area contributed by atoms with Crippen LogP contribution in [0.1, 0.15) is 30.1 Å². The Bertz CT molecular complexity index is 474. The molecule has 6 heteroatoms.